The van der Waals surface area contributed by atoms with Gasteiger partial charge < -0.3 is 5.32 Å². The lowest BCUT2D eigenvalue weighted by molar-refractivity contribution is 0.0951. The van der Waals surface area contributed by atoms with E-state index < -0.39 is 0 Å². The number of hydrogen-bond acceptors (Lipinski definition) is 2. The van der Waals surface area contributed by atoms with Crippen LogP contribution in [0.1, 0.15) is 20.8 Å². The Morgan fingerprint density at radius 3 is 2.83 bits per heavy atom. The predicted octanol–water partition coefficient (Wildman–Crippen LogP) is 4.40. The van der Waals surface area contributed by atoms with Crippen molar-refractivity contribution in [2.75, 3.05) is 0 Å². The Hall–Kier alpha value is -0.840. The van der Waals surface area contributed by atoms with E-state index in [1.807, 2.05) is 24.4 Å². The summed E-state index contributed by atoms with van der Waals surface area (Å²) in [5, 5.41) is 5.46. The van der Waals surface area contributed by atoms with Gasteiger partial charge in [-0.2, -0.15) is 0 Å². The van der Waals surface area contributed by atoms with Crippen LogP contribution in [0.4, 0.5) is 0 Å². The van der Waals surface area contributed by atoms with Gasteiger partial charge in [-0.05, 0) is 52.0 Å². The van der Waals surface area contributed by atoms with Crippen LogP contribution in [-0.4, -0.2) is 5.91 Å². The average Bonchev–Trinajstić information content (AvgIpc) is 2.75. The molecule has 1 heterocycles. The minimum atomic E-state index is -0.114. The van der Waals surface area contributed by atoms with Crippen molar-refractivity contribution in [2.45, 2.75) is 13.5 Å². The van der Waals surface area contributed by atoms with Crippen molar-refractivity contribution in [1.82, 2.24) is 5.32 Å². The van der Waals surface area contributed by atoms with Crippen molar-refractivity contribution in [3.05, 3.63) is 55.1 Å². The Labute approximate surface area is 123 Å². The van der Waals surface area contributed by atoms with Gasteiger partial charge >= 0.3 is 0 Å². The van der Waals surface area contributed by atoms with E-state index in [-0.39, 0.29) is 5.91 Å². The third kappa shape index (κ3) is 3.13. The molecule has 2 nitrogen and oxygen atoms in total. The van der Waals surface area contributed by atoms with Crippen LogP contribution in [0.15, 0.2) is 34.1 Å². The minimum absolute atomic E-state index is 0.114. The van der Waals surface area contributed by atoms with E-state index >= 15 is 0 Å². The molecular formula is C13H11BrClNOS. The molecule has 0 radical (unpaired) electrons. The van der Waals surface area contributed by atoms with Crippen LogP contribution in [0, 0.1) is 6.92 Å². The zero-order valence-electron chi connectivity index (χ0n) is 9.67. The zero-order chi connectivity index (χ0) is 13.1. The number of amides is 1. The van der Waals surface area contributed by atoms with E-state index in [0.29, 0.717) is 17.1 Å². The largest absolute Gasteiger partial charge is 0.347 e. The first-order chi connectivity index (χ1) is 8.58. The number of rotatable bonds is 3. The highest BCUT2D eigenvalue weighted by Gasteiger charge is 2.08. The number of aryl methyl sites for hydroxylation is 1. The van der Waals surface area contributed by atoms with E-state index in [4.69, 9.17) is 11.6 Å². The normalized spacial score (nSPS) is 10.4. The Morgan fingerprint density at radius 1 is 1.44 bits per heavy atom. The van der Waals surface area contributed by atoms with Gasteiger partial charge in [-0.15, -0.1) is 11.3 Å². The maximum atomic E-state index is 11.9. The highest BCUT2D eigenvalue weighted by Crippen LogP contribution is 2.22. The number of carbonyl (C=O) groups is 1. The van der Waals surface area contributed by atoms with E-state index in [1.54, 1.807) is 23.5 Å². The molecule has 1 aromatic heterocycles. The maximum absolute atomic E-state index is 11.9. The van der Waals surface area contributed by atoms with Crippen LogP contribution in [-0.2, 0) is 6.54 Å². The lowest BCUT2D eigenvalue weighted by Gasteiger charge is -2.06. The Balaban J connectivity index is 2.04. The first-order valence-corrected chi connectivity index (χ1v) is 7.39. The summed E-state index contributed by atoms with van der Waals surface area (Å²) in [6.45, 7) is 2.43. The predicted molar refractivity (Wildman–Crippen MR) is 79.4 cm³/mol. The summed E-state index contributed by atoms with van der Waals surface area (Å²) in [4.78, 5) is 13.0. The molecule has 0 fully saturated rings. The zero-order valence-corrected chi connectivity index (χ0v) is 12.8. The maximum Gasteiger partial charge on any atom is 0.251 e. The second kappa shape index (κ2) is 5.87. The molecule has 0 aliphatic rings. The molecule has 1 amide bonds. The monoisotopic (exact) mass is 343 g/mol. The summed E-state index contributed by atoms with van der Waals surface area (Å²) in [6.07, 6.45) is 0. The van der Waals surface area contributed by atoms with Crippen LogP contribution < -0.4 is 5.32 Å². The van der Waals surface area contributed by atoms with Gasteiger partial charge in [-0.3, -0.25) is 4.79 Å². The SMILES string of the molecule is Cc1ccc(C(=O)NCc2sccc2Br)cc1Cl. The van der Waals surface area contributed by atoms with E-state index in [9.17, 15) is 4.79 Å². The molecule has 1 aromatic carbocycles. The van der Waals surface area contributed by atoms with Crippen molar-refractivity contribution in [3.8, 4) is 0 Å². The molecule has 0 aliphatic carbocycles. The third-order valence-electron chi connectivity index (χ3n) is 2.53. The standard InChI is InChI=1S/C13H11BrClNOS/c1-8-2-3-9(6-11(8)15)13(17)16-7-12-10(14)4-5-18-12/h2-6H,7H2,1H3,(H,16,17). The van der Waals surface area contributed by atoms with E-state index in [2.05, 4.69) is 21.2 Å². The van der Waals surface area contributed by atoms with Gasteiger partial charge in [-0.1, -0.05) is 17.7 Å². The van der Waals surface area contributed by atoms with Crippen LogP contribution in [0.5, 0.6) is 0 Å². The summed E-state index contributed by atoms with van der Waals surface area (Å²) < 4.78 is 1.02. The molecule has 0 spiro atoms. The van der Waals surface area contributed by atoms with Gasteiger partial charge in [0, 0.05) is 19.9 Å². The van der Waals surface area contributed by atoms with Gasteiger partial charge in [0.2, 0.25) is 0 Å². The van der Waals surface area contributed by atoms with E-state index in [0.717, 1.165) is 14.9 Å². The molecule has 94 valence electrons. The van der Waals surface area contributed by atoms with Crippen LogP contribution in [0.2, 0.25) is 5.02 Å². The fourth-order valence-corrected chi connectivity index (χ4v) is 3.06. The Kier molecular flexibility index (Phi) is 4.43. The third-order valence-corrected chi connectivity index (χ3v) is 4.87. The van der Waals surface area contributed by atoms with Gasteiger partial charge in [-0.25, -0.2) is 0 Å². The fraction of sp³-hybridized carbons (Fsp3) is 0.154. The summed E-state index contributed by atoms with van der Waals surface area (Å²) in [5.74, 6) is -0.114. The molecule has 0 atom stereocenters. The molecule has 2 aromatic rings. The summed E-state index contributed by atoms with van der Waals surface area (Å²) >= 11 is 11.0. The van der Waals surface area contributed by atoms with Crippen molar-refractivity contribution >= 4 is 44.8 Å². The molecule has 18 heavy (non-hydrogen) atoms. The number of thiophene rings is 1. The van der Waals surface area contributed by atoms with Crippen molar-refractivity contribution in [2.24, 2.45) is 0 Å². The Morgan fingerprint density at radius 2 is 2.22 bits per heavy atom. The molecule has 0 aliphatic heterocycles. The van der Waals surface area contributed by atoms with Gasteiger partial charge in [0.1, 0.15) is 0 Å². The lowest BCUT2D eigenvalue weighted by Crippen LogP contribution is -2.22. The van der Waals surface area contributed by atoms with Crippen LogP contribution >= 0.6 is 38.9 Å². The summed E-state index contributed by atoms with van der Waals surface area (Å²) in [6, 6.07) is 7.28. The molecule has 0 saturated heterocycles. The van der Waals surface area contributed by atoms with Crippen molar-refractivity contribution in [1.29, 1.82) is 0 Å². The molecule has 2 rings (SSSR count). The number of hydrogen-bond donors (Lipinski definition) is 1. The van der Waals surface area contributed by atoms with Crippen LogP contribution in [0.3, 0.4) is 0 Å². The molecule has 1 N–H and O–H groups in total. The quantitative estimate of drug-likeness (QED) is 0.878. The van der Waals surface area contributed by atoms with Crippen LogP contribution in [0.25, 0.3) is 0 Å². The fourth-order valence-electron chi connectivity index (χ4n) is 1.45. The van der Waals surface area contributed by atoms with Crippen molar-refractivity contribution in [3.63, 3.8) is 0 Å². The topological polar surface area (TPSA) is 29.1 Å². The molecule has 0 saturated carbocycles. The molecule has 5 heteroatoms. The minimum Gasteiger partial charge on any atom is -0.347 e. The lowest BCUT2D eigenvalue weighted by atomic mass is 10.1. The number of carbonyl (C=O) groups excluding carboxylic acids is 1. The smallest absolute Gasteiger partial charge is 0.251 e. The summed E-state index contributed by atoms with van der Waals surface area (Å²) in [7, 11) is 0. The first-order valence-electron chi connectivity index (χ1n) is 5.34. The van der Waals surface area contributed by atoms with Gasteiger partial charge in [0.15, 0.2) is 0 Å². The highest BCUT2D eigenvalue weighted by atomic mass is 79.9. The van der Waals surface area contributed by atoms with Crippen molar-refractivity contribution < 1.29 is 4.79 Å². The first kappa shape index (κ1) is 13.6. The highest BCUT2D eigenvalue weighted by molar-refractivity contribution is 9.10. The second-order valence-corrected chi connectivity index (χ2v) is 6.10. The second-order valence-electron chi connectivity index (χ2n) is 3.84. The number of halogens is 2. The number of nitrogens with one attached hydrogen (secondary N) is 1. The molecule has 0 unspecified atom stereocenters. The Bertz CT molecular complexity index is 582. The molecular weight excluding hydrogens is 334 g/mol. The average molecular weight is 345 g/mol. The van der Waals surface area contributed by atoms with Gasteiger partial charge in [0.25, 0.3) is 5.91 Å². The van der Waals surface area contributed by atoms with E-state index in [1.165, 1.54) is 0 Å². The molecule has 0 bridgehead atoms. The number of benzene rings is 1. The summed E-state index contributed by atoms with van der Waals surface area (Å²) in [5.41, 5.74) is 1.55. The van der Waals surface area contributed by atoms with Gasteiger partial charge in [0.05, 0.1) is 6.54 Å².